The van der Waals surface area contributed by atoms with E-state index < -0.39 is 0 Å². The first-order valence-electron chi connectivity index (χ1n) is 10.0. The Hall–Kier alpha value is -2.09. The Labute approximate surface area is 176 Å². The van der Waals surface area contributed by atoms with Gasteiger partial charge in [0.1, 0.15) is 0 Å². The smallest absolute Gasteiger partial charge is 0.236 e. The molecule has 2 heterocycles. The molecule has 0 bridgehead atoms. The van der Waals surface area contributed by atoms with Crippen LogP contribution in [-0.2, 0) is 22.5 Å². The molecule has 6 nitrogen and oxygen atoms in total. The first-order valence-corrected chi connectivity index (χ1v) is 10.9. The second-order valence-electron chi connectivity index (χ2n) is 7.10. The van der Waals surface area contributed by atoms with Gasteiger partial charge in [-0.3, -0.25) is 4.79 Å². The summed E-state index contributed by atoms with van der Waals surface area (Å²) in [5.41, 5.74) is 1.11. The van der Waals surface area contributed by atoms with Crippen molar-refractivity contribution in [1.29, 1.82) is 0 Å². The molecular formula is C22H30N2O4S. The average Bonchev–Trinajstić information content (AvgIpc) is 3.45. The molecule has 29 heavy (non-hydrogen) atoms. The molecule has 0 saturated carbocycles. The van der Waals surface area contributed by atoms with Crippen molar-refractivity contribution in [3.8, 4) is 11.5 Å². The van der Waals surface area contributed by atoms with E-state index in [4.69, 9.17) is 14.2 Å². The molecule has 158 valence electrons. The number of hydrogen-bond acceptors (Lipinski definition) is 6. The van der Waals surface area contributed by atoms with Crippen LogP contribution in [0, 0.1) is 0 Å². The van der Waals surface area contributed by atoms with Crippen LogP contribution in [0.25, 0.3) is 0 Å². The summed E-state index contributed by atoms with van der Waals surface area (Å²) in [7, 11) is 3.26. The quantitative estimate of drug-likeness (QED) is 0.608. The number of carbonyl (C=O) groups is 1. The summed E-state index contributed by atoms with van der Waals surface area (Å²) < 4.78 is 16.3. The highest BCUT2D eigenvalue weighted by atomic mass is 32.1. The number of rotatable bonds is 11. The minimum Gasteiger partial charge on any atom is -0.493 e. The maximum absolute atomic E-state index is 12.9. The summed E-state index contributed by atoms with van der Waals surface area (Å²) >= 11 is 1.67. The van der Waals surface area contributed by atoms with Crippen molar-refractivity contribution >= 4 is 17.2 Å². The Morgan fingerprint density at radius 2 is 2.14 bits per heavy atom. The van der Waals surface area contributed by atoms with E-state index in [1.807, 2.05) is 34.5 Å². The highest BCUT2D eigenvalue weighted by molar-refractivity contribution is 7.09. The van der Waals surface area contributed by atoms with Crippen LogP contribution in [0.4, 0.5) is 0 Å². The fourth-order valence-corrected chi connectivity index (χ4v) is 4.16. The molecule has 1 aromatic carbocycles. The fraction of sp³-hybridized carbons (Fsp3) is 0.500. The molecule has 1 atom stereocenters. The monoisotopic (exact) mass is 418 g/mol. The molecule has 1 aromatic heterocycles. The van der Waals surface area contributed by atoms with Crippen molar-refractivity contribution in [2.24, 2.45) is 0 Å². The number of carbonyl (C=O) groups excluding carboxylic acids is 1. The minimum absolute atomic E-state index is 0.108. The van der Waals surface area contributed by atoms with Gasteiger partial charge in [0, 0.05) is 24.6 Å². The highest BCUT2D eigenvalue weighted by Crippen LogP contribution is 2.27. The predicted octanol–water partition coefficient (Wildman–Crippen LogP) is 3.11. The molecule has 1 aliphatic rings. The fourth-order valence-electron chi connectivity index (χ4n) is 3.44. The summed E-state index contributed by atoms with van der Waals surface area (Å²) in [4.78, 5) is 16.0. The summed E-state index contributed by atoms with van der Waals surface area (Å²) in [6.45, 7) is 3.17. The van der Waals surface area contributed by atoms with Gasteiger partial charge in [-0.1, -0.05) is 12.1 Å². The Morgan fingerprint density at radius 3 is 2.83 bits per heavy atom. The van der Waals surface area contributed by atoms with E-state index >= 15 is 0 Å². The minimum atomic E-state index is 0.108. The molecule has 1 aliphatic heterocycles. The first-order chi connectivity index (χ1) is 14.2. The molecule has 0 unspecified atom stereocenters. The topological polar surface area (TPSA) is 60.0 Å². The largest absolute Gasteiger partial charge is 0.493 e. The van der Waals surface area contributed by atoms with E-state index in [0.717, 1.165) is 38.0 Å². The van der Waals surface area contributed by atoms with Gasteiger partial charge in [-0.05, 0) is 48.4 Å². The van der Waals surface area contributed by atoms with Gasteiger partial charge in [0.2, 0.25) is 5.91 Å². The van der Waals surface area contributed by atoms with Gasteiger partial charge in [0.15, 0.2) is 11.5 Å². The Morgan fingerprint density at radius 1 is 1.28 bits per heavy atom. The van der Waals surface area contributed by atoms with E-state index in [0.29, 0.717) is 31.1 Å². The van der Waals surface area contributed by atoms with Crippen LogP contribution in [0.5, 0.6) is 11.5 Å². The molecule has 1 saturated heterocycles. The molecule has 0 spiro atoms. The zero-order chi connectivity index (χ0) is 20.5. The number of benzene rings is 1. The normalized spacial score (nSPS) is 16.0. The van der Waals surface area contributed by atoms with E-state index in [1.165, 1.54) is 4.88 Å². The second-order valence-corrected chi connectivity index (χ2v) is 8.13. The molecule has 1 fully saturated rings. The third kappa shape index (κ3) is 6.45. The lowest BCUT2D eigenvalue weighted by molar-refractivity contribution is -0.130. The molecular weight excluding hydrogens is 388 g/mol. The lowest BCUT2D eigenvalue weighted by atomic mass is 10.1. The van der Waals surface area contributed by atoms with Gasteiger partial charge in [-0.25, -0.2) is 0 Å². The van der Waals surface area contributed by atoms with Crippen molar-refractivity contribution in [3.05, 3.63) is 46.2 Å². The lowest BCUT2D eigenvalue weighted by Crippen LogP contribution is -2.40. The van der Waals surface area contributed by atoms with Crippen molar-refractivity contribution in [2.45, 2.75) is 31.9 Å². The van der Waals surface area contributed by atoms with Crippen LogP contribution in [0.3, 0.4) is 0 Å². The SMILES string of the molecule is COc1ccc(CCN(Cc2cccs2)C(=O)CNC[C@H]2CCCO2)cc1OC. The molecule has 3 rings (SSSR count). The molecule has 1 amide bonds. The zero-order valence-corrected chi connectivity index (χ0v) is 18.0. The summed E-state index contributed by atoms with van der Waals surface area (Å²) in [6.07, 6.45) is 3.17. The zero-order valence-electron chi connectivity index (χ0n) is 17.2. The molecule has 0 radical (unpaired) electrons. The first kappa shape index (κ1) is 21.6. The number of methoxy groups -OCH3 is 2. The number of nitrogens with zero attached hydrogens (tertiary/aromatic N) is 1. The summed E-state index contributed by atoms with van der Waals surface area (Å²) in [5, 5.41) is 5.31. The van der Waals surface area contributed by atoms with Crippen molar-refractivity contribution in [3.63, 3.8) is 0 Å². The van der Waals surface area contributed by atoms with Gasteiger partial charge in [-0.15, -0.1) is 11.3 Å². The van der Waals surface area contributed by atoms with E-state index in [-0.39, 0.29) is 12.0 Å². The molecule has 1 N–H and O–H groups in total. The van der Waals surface area contributed by atoms with Crippen LogP contribution in [0.15, 0.2) is 35.7 Å². The van der Waals surface area contributed by atoms with Crippen molar-refractivity contribution in [2.75, 3.05) is 40.5 Å². The highest BCUT2D eigenvalue weighted by Gasteiger charge is 2.18. The van der Waals surface area contributed by atoms with Gasteiger partial charge in [-0.2, -0.15) is 0 Å². The van der Waals surface area contributed by atoms with Gasteiger partial charge in [0.25, 0.3) is 0 Å². The van der Waals surface area contributed by atoms with E-state index in [1.54, 1.807) is 25.6 Å². The third-order valence-electron chi connectivity index (χ3n) is 5.07. The van der Waals surface area contributed by atoms with Gasteiger partial charge >= 0.3 is 0 Å². The third-order valence-corrected chi connectivity index (χ3v) is 5.93. The lowest BCUT2D eigenvalue weighted by Gasteiger charge is -2.23. The number of ether oxygens (including phenoxy) is 3. The summed E-state index contributed by atoms with van der Waals surface area (Å²) in [5.74, 6) is 1.53. The van der Waals surface area contributed by atoms with E-state index in [9.17, 15) is 4.79 Å². The molecule has 0 aliphatic carbocycles. The number of nitrogens with one attached hydrogen (secondary N) is 1. The van der Waals surface area contributed by atoms with Crippen LogP contribution >= 0.6 is 11.3 Å². The number of thiophene rings is 1. The van der Waals surface area contributed by atoms with Gasteiger partial charge in [0.05, 0.1) is 33.4 Å². The summed E-state index contributed by atoms with van der Waals surface area (Å²) in [6, 6.07) is 9.99. The van der Waals surface area contributed by atoms with Crippen LogP contribution in [0.1, 0.15) is 23.3 Å². The molecule has 2 aromatic rings. The number of amides is 1. The Balaban J connectivity index is 1.58. The number of hydrogen-bond donors (Lipinski definition) is 1. The standard InChI is InChI=1S/C22H30N2O4S/c1-26-20-8-7-17(13-21(20)27-2)9-10-24(16-19-6-4-12-29-19)22(25)15-23-14-18-5-3-11-28-18/h4,6-8,12-13,18,23H,3,5,9-11,14-16H2,1-2H3/t18-/m1/s1. The van der Waals surface area contributed by atoms with Crippen molar-refractivity contribution < 1.29 is 19.0 Å². The second kappa shape index (κ2) is 11.2. The predicted molar refractivity (Wildman–Crippen MR) is 115 cm³/mol. The van der Waals surface area contributed by atoms with Crippen LogP contribution < -0.4 is 14.8 Å². The van der Waals surface area contributed by atoms with E-state index in [2.05, 4.69) is 11.4 Å². The molecule has 7 heteroatoms. The average molecular weight is 419 g/mol. The van der Waals surface area contributed by atoms with Crippen molar-refractivity contribution in [1.82, 2.24) is 10.2 Å². The van der Waals surface area contributed by atoms with Crippen LogP contribution in [-0.4, -0.2) is 57.4 Å². The van der Waals surface area contributed by atoms with Gasteiger partial charge < -0.3 is 24.4 Å². The Kier molecular flexibility index (Phi) is 8.34. The Bertz CT molecular complexity index is 760. The maximum atomic E-state index is 12.9. The maximum Gasteiger partial charge on any atom is 0.236 e. The van der Waals surface area contributed by atoms with Crippen LogP contribution in [0.2, 0.25) is 0 Å².